The van der Waals surface area contributed by atoms with Crippen LogP contribution in [-0.4, -0.2) is 49.3 Å². The summed E-state index contributed by atoms with van der Waals surface area (Å²) in [5.41, 5.74) is 5.31. The van der Waals surface area contributed by atoms with Crippen LogP contribution < -0.4 is 5.73 Å². The van der Waals surface area contributed by atoms with Gasteiger partial charge in [-0.15, -0.1) is 0 Å². The predicted octanol–water partition coefficient (Wildman–Crippen LogP) is 8.71. The monoisotopic (exact) mass is 633 g/mol. The van der Waals surface area contributed by atoms with Crippen molar-refractivity contribution >= 4 is 19.8 Å². The van der Waals surface area contributed by atoms with Crippen LogP contribution in [0.1, 0.15) is 155 Å². The van der Waals surface area contributed by atoms with E-state index in [1.165, 1.54) is 70.6 Å². The molecule has 0 aliphatic carbocycles. The number of carbonyl (C=O) groups excluding carboxylic acids is 2. The maximum atomic E-state index is 12.4. The molecule has 0 aliphatic heterocycles. The summed E-state index contributed by atoms with van der Waals surface area (Å²) in [4.78, 5) is 34.4. The van der Waals surface area contributed by atoms with Crippen molar-refractivity contribution in [2.45, 2.75) is 161 Å². The summed E-state index contributed by atoms with van der Waals surface area (Å²) in [7, 11) is -4.36. The Labute approximate surface area is 262 Å². The van der Waals surface area contributed by atoms with E-state index in [0.29, 0.717) is 6.42 Å². The number of nitrogens with two attached hydrogens (primary N) is 1. The van der Waals surface area contributed by atoms with Gasteiger partial charge in [-0.3, -0.25) is 18.6 Å². The molecule has 3 N–H and O–H groups in total. The molecule has 1 unspecified atom stereocenters. The van der Waals surface area contributed by atoms with Crippen LogP contribution in [0.15, 0.2) is 12.2 Å². The van der Waals surface area contributed by atoms with Crippen molar-refractivity contribution < 1.29 is 37.6 Å². The summed E-state index contributed by atoms with van der Waals surface area (Å²) in [5, 5.41) is 0. The molecular formula is C33H64NO8P. The topological polar surface area (TPSA) is 134 Å². The zero-order valence-corrected chi connectivity index (χ0v) is 28.3. The van der Waals surface area contributed by atoms with Gasteiger partial charge < -0.3 is 20.1 Å². The molecule has 10 heteroatoms. The Bertz CT molecular complexity index is 734. The van der Waals surface area contributed by atoms with Crippen molar-refractivity contribution in [3.05, 3.63) is 12.2 Å². The number of ether oxygens (including phenoxy) is 2. The van der Waals surface area contributed by atoms with E-state index in [1.54, 1.807) is 0 Å². The third kappa shape index (κ3) is 30.6. The van der Waals surface area contributed by atoms with Gasteiger partial charge in [0.15, 0.2) is 6.10 Å². The standard InChI is InChI=1S/C33H64NO8P/c1-3-5-7-9-11-12-13-14-15-16-17-18-20-22-24-26-33(36)42-31(30-41-43(37,38)40-28-27-34)29-39-32(35)25-23-21-19-10-8-6-4-2/h14-15,31H,3-13,16-30,34H2,1-2H3,(H,37,38)/b15-14-/t31-/m1/s1. The first-order chi connectivity index (χ1) is 20.8. The lowest BCUT2D eigenvalue weighted by Gasteiger charge is -2.19. The van der Waals surface area contributed by atoms with Crippen LogP contribution in [0.2, 0.25) is 0 Å². The normalized spacial score (nSPS) is 13.7. The Morgan fingerprint density at radius 3 is 1.65 bits per heavy atom. The van der Waals surface area contributed by atoms with Crippen molar-refractivity contribution in [3.63, 3.8) is 0 Å². The van der Waals surface area contributed by atoms with Gasteiger partial charge in [-0.1, -0.05) is 116 Å². The number of carbonyl (C=O) groups is 2. The van der Waals surface area contributed by atoms with Crippen LogP contribution in [0.25, 0.3) is 0 Å². The van der Waals surface area contributed by atoms with Crippen molar-refractivity contribution in [2.24, 2.45) is 5.73 Å². The predicted molar refractivity (Wildman–Crippen MR) is 174 cm³/mol. The van der Waals surface area contributed by atoms with Gasteiger partial charge in [0.25, 0.3) is 0 Å². The first-order valence-electron chi connectivity index (χ1n) is 17.2. The van der Waals surface area contributed by atoms with Crippen LogP contribution >= 0.6 is 7.82 Å². The highest BCUT2D eigenvalue weighted by Gasteiger charge is 2.25. The maximum Gasteiger partial charge on any atom is 0.472 e. The van der Waals surface area contributed by atoms with Gasteiger partial charge in [-0.2, -0.15) is 0 Å². The number of hydrogen-bond acceptors (Lipinski definition) is 8. The minimum atomic E-state index is -4.36. The summed E-state index contributed by atoms with van der Waals surface area (Å²) in [5.74, 6) is -0.844. The number of hydrogen-bond donors (Lipinski definition) is 2. The van der Waals surface area contributed by atoms with Gasteiger partial charge in [0.2, 0.25) is 0 Å². The second kappa shape index (κ2) is 30.8. The third-order valence-corrected chi connectivity index (χ3v) is 8.14. The summed E-state index contributed by atoms with van der Waals surface area (Å²) >= 11 is 0. The minimum absolute atomic E-state index is 0.0541. The highest BCUT2D eigenvalue weighted by Crippen LogP contribution is 2.43. The lowest BCUT2D eigenvalue weighted by Crippen LogP contribution is -2.29. The van der Waals surface area contributed by atoms with Gasteiger partial charge in [-0.25, -0.2) is 4.57 Å². The minimum Gasteiger partial charge on any atom is -0.462 e. The summed E-state index contributed by atoms with van der Waals surface area (Å²) in [6.45, 7) is 3.65. The maximum absolute atomic E-state index is 12.4. The van der Waals surface area contributed by atoms with Gasteiger partial charge >= 0.3 is 19.8 Å². The molecule has 0 aromatic heterocycles. The van der Waals surface area contributed by atoms with Crippen LogP contribution in [-0.2, 0) is 32.7 Å². The molecule has 0 heterocycles. The average molecular weight is 634 g/mol. The van der Waals surface area contributed by atoms with E-state index >= 15 is 0 Å². The van der Waals surface area contributed by atoms with Gasteiger partial charge in [0.05, 0.1) is 13.2 Å². The Hall–Kier alpha value is -1.25. The van der Waals surface area contributed by atoms with E-state index in [4.69, 9.17) is 24.3 Å². The van der Waals surface area contributed by atoms with E-state index in [0.717, 1.165) is 51.4 Å². The molecule has 0 radical (unpaired) electrons. The van der Waals surface area contributed by atoms with E-state index in [-0.39, 0.29) is 32.6 Å². The van der Waals surface area contributed by atoms with E-state index in [1.807, 2.05) is 0 Å². The van der Waals surface area contributed by atoms with Crippen molar-refractivity contribution in [1.82, 2.24) is 0 Å². The number of phosphoric ester groups is 1. The number of phosphoric acid groups is 1. The van der Waals surface area contributed by atoms with Crippen molar-refractivity contribution in [2.75, 3.05) is 26.4 Å². The molecule has 0 amide bonds. The number of allylic oxidation sites excluding steroid dienone is 2. The fraction of sp³-hybridized carbons (Fsp3) is 0.879. The van der Waals surface area contributed by atoms with E-state index in [9.17, 15) is 19.0 Å². The van der Waals surface area contributed by atoms with Gasteiger partial charge in [0.1, 0.15) is 6.61 Å². The first-order valence-corrected chi connectivity index (χ1v) is 18.7. The molecule has 2 atom stereocenters. The Morgan fingerprint density at radius 2 is 1.14 bits per heavy atom. The molecule has 0 spiro atoms. The molecule has 0 aromatic rings. The number of unbranched alkanes of at least 4 members (excludes halogenated alkanes) is 17. The average Bonchev–Trinajstić information content (AvgIpc) is 2.99. The van der Waals surface area contributed by atoms with E-state index < -0.39 is 32.5 Å². The molecule has 0 fully saturated rings. The largest absolute Gasteiger partial charge is 0.472 e. The molecule has 9 nitrogen and oxygen atoms in total. The molecule has 43 heavy (non-hydrogen) atoms. The summed E-state index contributed by atoms with van der Waals surface area (Å²) in [6.07, 6.45) is 26.9. The Balaban J connectivity index is 4.24. The van der Waals surface area contributed by atoms with Crippen LogP contribution in [0.5, 0.6) is 0 Å². The first kappa shape index (κ1) is 41.8. The Kier molecular flexibility index (Phi) is 29.9. The van der Waals surface area contributed by atoms with Gasteiger partial charge in [-0.05, 0) is 38.5 Å². The van der Waals surface area contributed by atoms with Gasteiger partial charge in [0, 0.05) is 19.4 Å². The van der Waals surface area contributed by atoms with Crippen molar-refractivity contribution in [1.29, 1.82) is 0 Å². The summed E-state index contributed by atoms with van der Waals surface area (Å²) < 4.78 is 32.4. The highest BCUT2D eigenvalue weighted by atomic mass is 31.2. The lowest BCUT2D eigenvalue weighted by molar-refractivity contribution is -0.161. The molecule has 0 aliphatic rings. The van der Waals surface area contributed by atoms with E-state index in [2.05, 4.69) is 26.0 Å². The van der Waals surface area contributed by atoms with Crippen LogP contribution in [0.3, 0.4) is 0 Å². The smallest absolute Gasteiger partial charge is 0.462 e. The van der Waals surface area contributed by atoms with Crippen molar-refractivity contribution in [3.8, 4) is 0 Å². The van der Waals surface area contributed by atoms with Crippen LogP contribution in [0.4, 0.5) is 0 Å². The zero-order chi connectivity index (χ0) is 31.9. The molecule has 0 aromatic carbocycles. The molecular weight excluding hydrogens is 569 g/mol. The SMILES string of the molecule is CCCCCCCC/C=C\CCCCCCCC(=O)O[C@H](COC(=O)CCCCCCCCC)COP(=O)(O)OCCN. The highest BCUT2D eigenvalue weighted by molar-refractivity contribution is 7.47. The molecule has 0 saturated heterocycles. The zero-order valence-electron chi connectivity index (χ0n) is 27.4. The molecule has 0 saturated carbocycles. The third-order valence-electron chi connectivity index (χ3n) is 7.15. The second-order valence-corrected chi connectivity index (χ2v) is 12.8. The Morgan fingerprint density at radius 1 is 0.674 bits per heavy atom. The molecule has 254 valence electrons. The molecule has 0 bridgehead atoms. The fourth-order valence-electron chi connectivity index (χ4n) is 4.57. The van der Waals surface area contributed by atoms with Crippen LogP contribution in [0, 0.1) is 0 Å². The fourth-order valence-corrected chi connectivity index (χ4v) is 5.33. The lowest BCUT2D eigenvalue weighted by atomic mass is 10.1. The summed E-state index contributed by atoms with van der Waals surface area (Å²) in [6, 6.07) is 0. The number of esters is 2. The molecule has 0 rings (SSSR count). The number of rotatable bonds is 32. The second-order valence-electron chi connectivity index (χ2n) is 11.4. The quantitative estimate of drug-likeness (QED) is 0.0323.